The lowest BCUT2D eigenvalue weighted by Gasteiger charge is -2.08. The summed E-state index contributed by atoms with van der Waals surface area (Å²) in [5.41, 5.74) is -1.20. The number of nitrogens with zero attached hydrogens (tertiary/aromatic N) is 1. The molecule has 0 fully saturated rings. The summed E-state index contributed by atoms with van der Waals surface area (Å²) in [6.07, 6.45) is 0. The van der Waals surface area contributed by atoms with E-state index in [1.807, 2.05) is 0 Å². The summed E-state index contributed by atoms with van der Waals surface area (Å²) in [5.74, 6) is -4.30. The number of rotatable bonds is 3. The Morgan fingerprint density at radius 2 is 1.74 bits per heavy atom. The molecule has 0 aliphatic rings. The summed E-state index contributed by atoms with van der Waals surface area (Å²) in [4.78, 5) is 27.0. The summed E-state index contributed by atoms with van der Waals surface area (Å²) in [6.45, 7) is 0. The second kappa shape index (κ2) is 6.89. The number of hydrogen-bond donors (Lipinski definition) is 1. The number of pyridine rings is 1. The topological polar surface area (TPSA) is 68.3 Å². The fourth-order valence-electron chi connectivity index (χ4n) is 1.72. The molecular weight excluding hydrogens is 353 g/mol. The molecule has 23 heavy (non-hydrogen) atoms. The number of amides is 1. The van der Waals surface area contributed by atoms with Gasteiger partial charge in [0.2, 0.25) is 0 Å². The standard InChI is InChI=1S/C14H8Cl2F2N2O3/c1-23-14(22)12-8(17)4-7(5-9(12)18)19-13(21)10-2-6(15)3-11(16)20-10/h2-5H,1H3,(H,19,21). The molecule has 0 spiro atoms. The monoisotopic (exact) mass is 360 g/mol. The van der Waals surface area contributed by atoms with Gasteiger partial charge < -0.3 is 10.1 Å². The summed E-state index contributed by atoms with van der Waals surface area (Å²) >= 11 is 11.4. The van der Waals surface area contributed by atoms with Gasteiger partial charge in [-0.05, 0) is 24.3 Å². The van der Waals surface area contributed by atoms with Crippen LogP contribution in [0.5, 0.6) is 0 Å². The SMILES string of the molecule is COC(=O)c1c(F)cc(NC(=O)c2cc(Cl)cc(Cl)n2)cc1F. The smallest absolute Gasteiger partial charge is 0.343 e. The predicted molar refractivity (Wildman–Crippen MR) is 79.9 cm³/mol. The zero-order valence-corrected chi connectivity index (χ0v) is 13.0. The highest BCUT2D eigenvalue weighted by molar-refractivity contribution is 6.34. The lowest BCUT2D eigenvalue weighted by molar-refractivity contribution is 0.0590. The molecule has 9 heteroatoms. The second-order valence-electron chi connectivity index (χ2n) is 4.25. The Labute approximate surface area is 139 Å². The molecular formula is C14H8Cl2F2N2O3. The molecule has 0 atom stereocenters. The first-order chi connectivity index (χ1) is 10.8. The van der Waals surface area contributed by atoms with Gasteiger partial charge in [0.1, 0.15) is 28.0 Å². The maximum atomic E-state index is 13.8. The first kappa shape index (κ1) is 17.1. The number of anilines is 1. The van der Waals surface area contributed by atoms with E-state index in [0.717, 1.165) is 19.2 Å². The molecule has 0 unspecified atom stereocenters. The molecule has 0 radical (unpaired) electrons. The normalized spacial score (nSPS) is 10.3. The van der Waals surface area contributed by atoms with Crippen LogP contribution in [0.3, 0.4) is 0 Å². The lowest BCUT2D eigenvalue weighted by Crippen LogP contribution is -2.15. The highest BCUT2D eigenvalue weighted by Gasteiger charge is 2.20. The number of carbonyl (C=O) groups is 2. The molecule has 0 aliphatic carbocycles. The van der Waals surface area contributed by atoms with E-state index in [1.54, 1.807) is 0 Å². The third-order valence-electron chi connectivity index (χ3n) is 2.68. The van der Waals surface area contributed by atoms with Crippen LogP contribution in [0.15, 0.2) is 24.3 Å². The quantitative estimate of drug-likeness (QED) is 0.669. The third-order valence-corrected chi connectivity index (χ3v) is 3.09. The van der Waals surface area contributed by atoms with Gasteiger partial charge in [0.15, 0.2) is 0 Å². The van der Waals surface area contributed by atoms with Crippen LogP contribution in [0.4, 0.5) is 14.5 Å². The van der Waals surface area contributed by atoms with Crippen molar-refractivity contribution in [3.63, 3.8) is 0 Å². The Kier molecular flexibility index (Phi) is 5.12. The van der Waals surface area contributed by atoms with E-state index in [9.17, 15) is 18.4 Å². The molecule has 2 rings (SSSR count). The van der Waals surface area contributed by atoms with Gasteiger partial charge in [0.25, 0.3) is 5.91 Å². The Balaban J connectivity index is 2.30. The Morgan fingerprint density at radius 1 is 1.13 bits per heavy atom. The summed E-state index contributed by atoms with van der Waals surface area (Å²) in [7, 11) is 0.992. The van der Waals surface area contributed by atoms with Gasteiger partial charge >= 0.3 is 5.97 Å². The van der Waals surface area contributed by atoms with Gasteiger partial charge in [0, 0.05) is 10.7 Å². The molecule has 5 nitrogen and oxygen atoms in total. The number of benzene rings is 1. The maximum absolute atomic E-state index is 13.8. The van der Waals surface area contributed by atoms with Crippen LogP contribution < -0.4 is 5.32 Å². The molecule has 1 aromatic heterocycles. The van der Waals surface area contributed by atoms with E-state index < -0.39 is 29.1 Å². The molecule has 0 bridgehead atoms. The maximum Gasteiger partial charge on any atom is 0.343 e. The average molecular weight is 361 g/mol. The predicted octanol–water partition coefficient (Wildman–Crippen LogP) is 3.71. The Morgan fingerprint density at radius 3 is 2.26 bits per heavy atom. The van der Waals surface area contributed by atoms with E-state index in [0.29, 0.717) is 0 Å². The fraction of sp³-hybridized carbons (Fsp3) is 0.0714. The van der Waals surface area contributed by atoms with Crippen LogP contribution >= 0.6 is 23.2 Å². The molecule has 120 valence electrons. The van der Waals surface area contributed by atoms with Crippen molar-refractivity contribution in [3.8, 4) is 0 Å². The van der Waals surface area contributed by atoms with Gasteiger partial charge in [-0.2, -0.15) is 0 Å². The largest absolute Gasteiger partial charge is 0.465 e. The van der Waals surface area contributed by atoms with Crippen molar-refractivity contribution < 1.29 is 23.1 Å². The van der Waals surface area contributed by atoms with Crippen molar-refractivity contribution in [2.75, 3.05) is 12.4 Å². The molecule has 1 amide bonds. The van der Waals surface area contributed by atoms with Gasteiger partial charge in [0.05, 0.1) is 7.11 Å². The van der Waals surface area contributed by atoms with Gasteiger partial charge in [-0.1, -0.05) is 23.2 Å². The van der Waals surface area contributed by atoms with Gasteiger partial charge in [-0.25, -0.2) is 18.6 Å². The van der Waals surface area contributed by atoms with Crippen LogP contribution in [-0.2, 0) is 4.74 Å². The minimum Gasteiger partial charge on any atom is -0.465 e. The van der Waals surface area contributed by atoms with Crippen LogP contribution in [0, 0.1) is 11.6 Å². The molecule has 1 N–H and O–H groups in total. The number of aromatic nitrogens is 1. The van der Waals surface area contributed by atoms with Crippen LogP contribution in [-0.4, -0.2) is 24.0 Å². The first-order valence-corrected chi connectivity index (χ1v) is 6.79. The van der Waals surface area contributed by atoms with Crippen molar-refractivity contribution in [2.24, 2.45) is 0 Å². The minimum absolute atomic E-state index is 0.0129. The van der Waals surface area contributed by atoms with Crippen molar-refractivity contribution in [2.45, 2.75) is 0 Å². The Hall–Kier alpha value is -2.25. The van der Waals surface area contributed by atoms with Crippen LogP contribution in [0.2, 0.25) is 10.2 Å². The second-order valence-corrected chi connectivity index (χ2v) is 5.08. The van der Waals surface area contributed by atoms with Crippen molar-refractivity contribution in [3.05, 3.63) is 57.3 Å². The van der Waals surface area contributed by atoms with E-state index >= 15 is 0 Å². The molecule has 0 saturated heterocycles. The fourth-order valence-corrected chi connectivity index (χ4v) is 2.19. The summed E-state index contributed by atoms with van der Waals surface area (Å²) < 4.78 is 31.8. The number of halogens is 4. The summed E-state index contributed by atoms with van der Waals surface area (Å²) in [6, 6.07) is 4.11. The molecule has 0 aliphatic heterocycles. The minimum atomic E-state index is -1.18. The van der Waals surface area contributed by atoms with Crippen molar-refractivity contribution in [1.29, 1.82) is 0 Å². The molecule has 2 aromatic rings. The molecule has 1 heterocycles. The van der Waals surface area contributed by atoms with E-state index in [1.165, 1.54) is 12.1 Å². The number of nitrogens with one attached hydrogen (secondary N) is 1. The number of ether oxygens (including phenoxy) is 1. The first-order valence-electron chi connectivity index (χ1n) is 6.03. The number of methoxy groups -OCH3 is 1. The third kappa shape index (κ3) is 3.94. The number of esters is 1. The van der Waals surface area contributed by atoms with E-state index in [-0.39, 0.29) is 21.6 Å². The zero-order chi connectivity index (χ0) is 17.1. The summed E-state index contributed by atoms with van der Waals surface area (Å²) in [5, 5.41) is 2.39. The van der Waals surface area contributed by atoms with Crippen molar-refractivity contribution in [1.82, 2.24) is 4.98 Å². The number of carbonyl (C=O) groups excluding carboxylic acids is 2. The highest BCUT2D eigenvalue weighted by atomic mass is 35.5. The Bertz CT molecular complexity index is 756. The number of hydrogen-bond acceptors (Lipinski definition) is 4. The van der Waals surface area contributed by atoms with Gasteiger partial charge in [-0.3, -0.25) is 4.79 Å². The van der Waals surface area contributed by atoms with Crippen LogP contribution in [0.1, 0.15) is 20.8 Å². The van der Waals surface area contributed by atoms with Crippen molar-refractivity contribution >= 4 is 40.8 Å². The lowest BCUT2D eigenvalue weighted by atomic mass is 10.1. The molecule has 0 saturated carbocycles. The van der Waals surface area contributed by atoms with E-state index in [2.05, 4.69) is 15.0 Å². The van der Waals surface area contributed by atoms with E-state index in [4.69, 9.17) is 23.2 Å². The zero-order valence-electron chi connectivity index (χ0n) is 11.5. The highest BCUT2D eigenvalue weighted by Crippen LogP contribution is 2.21. The van der Waals surface area contributed by atoms with Crippen LogP contribution in [0.25, 0.3) is 0 Å². The average Bonchev–Trinajstić information content (AvgIpc) is 2.45. The van der Waals surface area contributed by atoms with Gasteiger partial charge in [-0.15, -0.1) is 0 Å². The molecule has 1 aromatic carbocycles.